The molecule has 6 nitrogen and oxygen atoms in total. The van der Waals surface area contributed by atoms with Crippen LogP contribution in [0.15, 0.2) is 315 Å². The Morgan fingerprint density at radius 2 is 0.528 bits per heavy atom. The van der Waals surface area contributed by atoms with Crippen LogP contribution in [0.25, 0.3) is 178 Å². The van der Waals surface area contributed by atoms with E-state index in [9.17, 15) is 0 Å². The van der Waals surface area contributed by atoms with Crippen molar-refractivity contribution in [1.82, 2.24) is 29.9 Å². The lowest BCUT2D eigenvalue weighted by molar-refractivity contribution is 0.657. The highest BCUT2D eigenvalue weighted by molar-refractivity contribution is 7.18. The van der Waals surface area contributed by atoms with Gasteiger partial charge in [-0.2, -0.15) is 0 Å². The third kappa shape index (κ3) is 10.1. The van der Waals surface area contributed by atoms with Crippen molar-refractivity contribution >= 4 is 32.9 Å². The Labute approximate surface area is 621 Å². The summed E-state index contributed by atoms with van der Waals surface area (Å²) in [6, 6.07) is 114. The van der Waals surface area contributed by atoms with Crippen molar-refractivity contribution in [2.75, 3.05) is 0 Å². The van der Waals surface area contributed by atoms with Crippen molar-refractivity contribution in [2.45, 2.75) is 57.8 Å². The first-order chi connectivity index (χ1) is 51.8. The minimum atomic E-state index is -0.425. The molecule has 4 heterocycles. The largest absolute Gasteiger partial charge is 0.228 e. The van der Waals surface area contributed by atoms with Gasteiger partial charge in [-0.15, -0.1) is 11.3 Å². The number of aromatic nitrogens is 6. The second-order valence-corrected chi connectivity index (χ2v) is 31.1. The third-order valence-corrected chi connectivity index (χ3v) is 23.9. The second kappa shape index (κ2) is 24.2. The molecule has 0 N–H and O–H groups in total. The van der Waals surface area contributed by atoms with E-state index < -0.39 is 5.41 Å². The lowest BCUT2D eigenvalue weighted by Crippen LogP contribution is -2.17. The Kier molecular flexibility index (Phi) is 14.4. The van der Waals surface area contributed by atoms with E-state index in [2.05, 4.69) is 345 Å². The highest BCUT2D eigenvalue weighted by Gasteiger charge is 2.43. The van der Waals surface area contributed by atoms with Crippen LogP contribution >= 0.6 is 11.3 Å². The smallest absolute Gasteiger partial charge is 0.160 e. The first kappa shape index (κ1) is 63.0. The Hall–Kier alpha value is -12.7. The number of fused-ring (bicyclic) bond motifs is 12. The molecule has 3 aliphatic carbocycles. The lowest BCUT2D eigenvalue weighted by atomic mass is 9.80. The van der Waals surface area contributed by atoms with Gasteiger partial charge in [0.05, 0.1) is 34.2 Å². The maximum Gasteiger partial charge on any atom is 0.160 e. The molecule has 0 radical (unpaired) electrons. The van der Waals surface area contributed by atoms with Gasteiger partial charge in [0.15, 0.2) is 17.5 Å². The number of hydrogen-bond acceptors (Lipinski definition) is 7. The van der Waals surface area contributed by atoms with Gasteiger partial charge in [-0.3, -0.25) is 0 Å². The van der Waals surface area contributed by atoms with Crippen molar-refractivity contribution in [3.05, 3.63) is 349 Å². The summed E-state index contributed by atoms with van der Waals surface area (Å²) in [5.41, 5.74) is 31.0. The second-order valence-electron chi connectivity index (χ2n) is 30.1. The van der Waals surface area contributed by atoms with Crippen LogP contribution in [0.1, 0.15) is 74.9 Å². The molecule has 7 heteroatoms. The Balaban J connectivity index is 0.590. The number of rotatable bonds is 11. The minimum Gasteiger partial charge on any atom is -0.228 e. The molecule has 3 aliphatic rings. The summed E-state index contributed by atoms with van der Waals surface area (Å²) in [5.74, 6) is 2.15. The lowest BCUT2D eigenvalue weighted by Gasteiger charge is -2.24. The molecule has 106 heavy (non-hydrogen) atoms. The molecule has 0 bridgehead atoms. The molecular weight excluding hydrogens is 1310 g/mol. The van der Waals surface area contributed by atoms with Gasteiger partial charge < -0.3 is 0 Å². The summed E-state index contributed by atoms with van der Waals surface area (Å²) >= 11 is 1.81. The molecule has 13 aromatic carbocycles. The quantitative estimate of drug-likeness (QED) is 0.120. The standard InChI is InChI=1S/C99H70N6S/c1-97(2)80-31-19-17-29-76(80)91-85(97)88(100-94(103-91)68-21-9-7-10-22-68)66-47-41-63(42-48-66)83-55-56-84(106-83)64-43-49-67(50-44-64)89-86-92(77-30-18-20-32-81(77)98(86,3)4)104-96(102-89)70-51-37-61(38-52-70)71-53-54-78-82(58-71)99(5,6)87-90(101-95(105-93(78)87)69-23-11-8-12-24-69)65-45-35-60(36-46-65)59-33-39-62(40-34-59)79-57-72-25-13-14-26-73(72)74-27-15-16-28-75(74)79/h7-58H,1-6H3. The Morgan fingerprint density at radius 1 is 0.208 bits per heavy atom. The van der Waals surface area contributed by atoms with Crippen molar-refractivity contribution in [3.63, 3.8) is 0 Å². The number of hydrogen-bond donors (Lipinski definition) is 0. The molecule has 17 aromatic rings. The number of thiophene rings is 1. The van der Waals surface area contributed by atoms with Crippen LogP contribution in [0, 0.1) is 0 Å². The van der Waals surface area contributed by atoms with Crippen LogP contribution in [0.5, 0.6) is 0 Å². The van der Waals surface area contributed by atoms with E-state index in [-0.39, 0.29) is 10.8 Å². The topological polar surface area (TPSA) is 77.3 Å². The molecule has 502 valence electrons. The maximum atomic E-state index is 5.57. The molecule has 0 spiro atoms. The van der Waals surface area contributed by atoms with Gasteiger partial charge in [0.25, 0.3) is 0 Å². The number of nitrogens with zero attached hydrogens (tertiary/aromatic N) is 6. The Bertz CT molecular complexity index is 6410. The monoisotopic (exact) mass is 1370 g/mol. The van der Waals surface area contributed by atoms with Crippen molar-refractivity contribution < 1.29 is 0 Å². The van der Waals surface area contributed by atoms with Crippen molar-refractivity contribution in [2.24, 2.45) is 0 Å². The molecule has 0 saturated heterocycles. The maximum absolute atomic E-state index is 5.57. The van der Waals surface area contributed by atoms with Crippen molar-refractivity contribution in [1.29, 1.82) is 0 Å². The summed E-state index contributed by atoms with van der Waals surface area (Å²) in [6.45, 7) is 13.9. The SMILES string of the molecule is CC1(C)c2ccccc2-c2nc(-c3ccccc3)nc(-c3ccc(-c4ccc(-c5ccc(-c6nc(-c7ccc(-c8ccc9c(c8)C(C)(C)c8c(-c%10ccc(-c%11ccc(-c%12cc%13ccccc%13c%13ccccc%12%13)cc%11)cc%10)nc(-c%10ccccc%10)nc8-9)cc7)nc7c6C(C)(C)c6ccccc6-7)cc5)s4)cc3)c21. The van der Waals surface area contributed by atoms with E-state index in [4.69, 9.17) is 29.9 Å². The molecular formula is C99H70N6S. The first-order valence-corrected chi connectivity index (χ1v) is 37.4. The fraction of sp³-hybridized carbons (Fsp3) is 0.0909. The normalized spacial score (nSPS) is 13.8. The fourth-order valence-electron chi connectivity index (χ4n) is 17.3. The average Bonchev–Trinajstić information content (AvgIpc) is 1.57. The van der Waals surface area contributed by atoms with Crippen LogP contribution < -0.4 is 0 Å². The zero-order chi connectivity index (χ0) is 71.2. The van der Waals surface area contributed by atoms with E-state index in [0.717, 1.165) is 123 Å². The van der Waals surface area contributed by atoms with Gasteiger partial charge in [0, 0.05) is 92.8 Å². The molecule has 4 aromatic heterocycles. The van der Waals surface area contributed by atoms with Gasteiger partial charge in [-0.05, 0) is 107 Å². The van der Waals surface area contributed by atoms with Gasteiger partial charge >= 0.3 is 0 Å². The van der Waals surface area contributed by atoms with Crippen molar-refractivity contribution in [3.8, 4) is 156 Å². The van der Waals surface area contributed by atoms with E-state index in [1.54, 1.807) is 0 Å². The number of benzene rings is 13. The van der Waals surface area contributed by atoms with E-state index in [0.29, 0.717) is 11.6 Å². The first-order valence-electron chi connectivity index (χ1n) is 36.6. The van der Waals surface area contributed by atoms with E-state index in [1.807, 2.05) is 23.5 Å². The summed E-state index contributed by atoms with van der Waals surface area (Å²) in [6.07, 6.45) is 0. The predicted molar refractivity (Wildman–Crippen MR) is 439 cm³/mol. The zero-order valence-electron chi connectivity index (χ0n) is 59.6. The highest BCUT2D eigenvalue weighted by atomic mass is 32.1. The average molecular weight is 1380 g/mol. The summed E-state index contributed by atoms with van der Waals surface area (Å²) in [5, 5.41) is 5.05. The predicted octanol–water partition coefficient (Wildman–Crippen LogP) is 25.7. The molecule has 0 saturated carbocycles. The highest BCUT2D eigenvalue weighted by Crippen LogP contribution is 2.56. The molecule has 0 atom stereocenters. The van der Waals surface area contributed by atoms with Gasteiger partial charge in [-0.25, -0.2) is 29.9 Å². The third-order valence-electron chi connectivity index (χ3n) is 22.7. The van der Waals surface area contributed by atoms with E-state index in [1.165, 1.54) is 75.8 Å². The summed E-state index contributed by atoms with van der Waals surface area (Å²) in [4.78, 5) is 35.0. The summed E-state index contributed by atoms with van der Waals surface area (Å²) < 4.78 is 0. The molecule has 20 rings (SSSR count). The minimum absolute atomic E-state index is 0.263. The Morgan fingerprint density at radius 3 is 1.00 bits per heavy atom. The molecule has 0 fully saturated rings. The van der Waals surface area contributed by atoms with E-state index >= 15 is 0 Å². The van der Waals surface area contributed by atoms with Gasteiger partial charge in [0.2, 0.25) is 0 Å². The molecule has 0 amide bonds. The zero-order valence-corrected chi connectivity index (χ0v) is 60.4. The van der Waals surface area contributed by atoms with Gasteiger partial charge in [-0.1, -0.05) is 333 Å². The van der Waals surface area contributed by atoms with Crippen LogP contribution in [-0.2, 0) is 16.2 Å². The van der Waals surface area contributed by atoms with Crippen LogP contribution in [0.2, 0.25) is 0 Å². The molecule has 0 aliphatic heterocycles. The fourth-order valence-corrected chi connectivity index (χ4v) is 18.3. The van der Waals surface area contributed by atoms with Gasteiger partial charge in [0.1, 0.15) is 0 Å². The van der Waals surface area contributed by atoms with Crippen LogP contribution in [0.4, 0.5) is 0 Å². The van der Waals surface area contributed by atoms with Crippen LogP contribution in [-0.4, -0.2) is 29.9 Å². The van der Waals surface area contributed by atoms with Crippen LogP contribution in [0.3, 0.4) is 0 Å². The molecule has 0 unspecified atom stereocenters. The summed E-state index contributed by atoms with van der Waals surface area (Å²) in [7, 11) is 0.